The van der Waals surface area contributed by atoms with E-state index in [1.54, 1.807) is 60.7 Å². The number of amides is 1. The Bertz CT molecular complexity index is 1740. The number of nitrogens with zero attached hydrogens (tertiary/aromatic N) is 3. The van der Waals surface area contributed by atoms with Crippen molar-refractivity contribution in [2.45, 2.75) is 18.4 Å². The molecule has 12 nitrogen and oxygen atoms in total. The highest BCUT2D eigenvalue weighted by Gasteiger charge is 2.30. The van der Waals surface area contributed by atoms with Gasteiger partial charge in [-0.25, -0.2) is 13.8 Å². The largest absolute Gasteiger partial charge is 0.497 e. The Kier molecular flexibility index (Phi) is 10.1. The van der Waals surface area contributed by atoms with Crippen molar-refractivity contribution in [1.29, 1.82) is 0 Å². The maximum atomic E-state index is 13.7. The van der Waals surface area contributed by atoms with Gasteiger partial charge < -0.3 is 14.2 Å². The zero-order chi connectivity index (χ0) is 31.7. The topological polar surface area (TPSA) is 150 Å². The minimum absolute atomic E-state index is 0.000149. The summed E-state index contributed by atoms with van der Waals surface area (Å²) >= 11 is 0. The van der Waals surface area contributed by atoms with Crippen molar-refractivity contribution in [2.24, 2.45) is 5.10 Å². The number of benzene rings is 4. The lowest BCUT2D eigenvalue weighted by Crippen LogP contribution is -2.39. The summed E-state index contributed by atoms with van der Waals surface area (Å²) in [6.07, 6.45) is 1.41. The predicted molar refractivity (Wildman–Crippen MR) is 165 cm³/mol. The number of nitro benzene ring substituents is 1. The van der Waals surface area contributed by atoms with Crippen LogP contribution in [0, 0.1) is 17.0 Å². The standard InChI is InChI=1S/C31H30N4O8S/c1-22-4-15-28(16-5-22)44(39,40)34(29-18-27(41-2)14-17-30(29)42-3)20-31(36)33-32-19-23-8-12-26(13-9-23)43-21-24-6-10-25(11-7-24)35(37)38/h4-19H,20-21H2,1-3H3,(H,33,36)/b32-19-. The van der Waals surface area contributed by atoms with Gasteiger partial charge in [-0.05, 0) is 78.7 Å². The van der Waals surface area contributed by atoms with Gasteiger partial charge in [0.1, 0.15) is 30.4 Å². The van der Waals surface area contributed by atoms with E-state index >= 15 is 0 Å². The quantitative estimate of drug-likeness (QED) is 0.127. The molecule has 4 aromatic rings. The van der Waals surface area contributed by atoms with Crippen LogP contribution in [-0.4, -0.2) is 46.2 Å². The first kappa shape index (κ1) is 31.5. The van der Waals surface area contributed by atoms with Gasteiger partial charge in [0.2, 0.25) is 0 Å². The molecule has 0 atom stereocenters. The summed E-state index contributed by atoms with van der Waals surface area (Å²) in [5.41, 5.74) is 4.80. The Hall–Kier alpha value is -5.43. The van der Waals surface area contributed by atoms with Gasteiger partial charge >= 0.3 is 0 Å². The molecule has 44 heavy (non-hydrogen) atoms. The molecule has 4 rings (SSSR count). The third-order valence-electron chi connectivity index (χ3n) is 6.39. The van der Waals surface area contributed by atoms with Crippen molar-refractivity contribution < 1.29 is 32.3 Å². The molecule has 0 aliphatic heterocycles. The number of non-ortho nitro benzene ring substituents is 1. The van der Waals surface area contributed by atoms with E-state index in [9.17, 15) is 23.3 Å². The third kappa shape index (κ3) is 7.89. The Morgan fingerprint density at radius 3 is 2.20 bits per heavy atom. The summed E-state index contributed by atoms with van der Waals surface area (Å²) in [6, 6.07) is 23.9. The van der Waals surface area contributed by atoms with Crippen LogP contribution in [0.1, 0.15) is 16.7 Å². The Balaban J connectivity index is 1.44. The number of anilines is 1. The molecule has 13 heteroatoms. The van der Waals surface area contributed by atoms with E-state index < -0.39 is 27.4 Å². The van der Waals surface area contributed by atoms with Gasteiger partial charge in [-0.15, -0.1) is 0 Å². The molecule has 4 aromatic carbocycles. The minimum atomic E-state index is -4.20. The molecule has 0 radical (unpaired) electrons. The molecule has 0 bridgehead atoms. The van der Waals surface area contributed by atoms with Gasteiger partial charge in [0.15, 0.2) is 0 Å². The van der Waals surface area contributed by atoms with Crippen LogP contribution in [0.2, 0.25) is 0 Å². The van der Waals surface area contributed by atoms with Gasteiger partial charge in [0.25, 0.3) is 21.6 Å². The van der Waals surface area contributed by atoms with Crippen molar-refractivity contribution >= 4 is 33.5 Å². The highest BCUT2D eigenvalue weighted by atomic mass is 32.2. The van der Waals surface area contributed by atoms with Gasteiger partial charge in [0.05, 0.1) is 35.9 Å². The van der Waals surface area contributed by atoms with Crippen LogP contribution in [0.15, 0.2) is 101 Å². The predicted octanol–water partition coefficient (Wildman–Crippen LogP) is 4.85. The molecule has 1 N–H and O–H groups in total. The highest BCUT2D eigenvalue weighted by molar-refractivity contribution is 7.92. The number of nitro groups is 1. The molecule has 228 valence electrons. The number of ether oxygens (including phenoxy) is 3. The van der Waals surface area contributed by atoms with Crippen molar-refractivity contribution in [3.8, 4) is 17.2 Å². The second kappa shape index (κ2) is 14.2. The summed E-state index contributed by atoms with van der Waals surface area (Å²) < 4.78 is 44.8. The lowest BCUT2D eigenvalue weighted by molar-refractivity contribution is -0.384. The Labute approximate surface area is 254 Å². The van der Waals surface area contributed by atoms with E-state index in [0.717, 1.165) is 15.4 Å². The molecule has 0 aromatic heterocycles. The van der Waals surface area contributed by atoms with Crippen LogP contribution in [-0.2, 0) is 21.4 Å². The normalized spacial score (nSPS) is 11.2. The molecule has 0 unspecified atom stereocenters. The summed E-state index contributed by atoms with van der Waals surface area (Å²) in [7, 11) is -1.35. The molecule has 0 aliphatic rings. The number of carbonyl (C=O) groups excluding carboxylic acids is 1. The number of rotatable bonds is 13. The number of sulfonamides is 1. The molecule has 0 saturated carbocycles. The van der Waals surface area contributed by atoms with Gasteiger partial charge in [-0.2, -0.15) is 5.10 Å². The number of aryl methyl sites for hydroxylation is 1. The fourth-order valence-corrected chi connectivity index (χ4v) is 5.43. The average Bonchev–Trinajstić information content (AvgIpc) is 3.03. The first-order valence-electron chi connectivity index (χ1n) is 13.2. The zero-order valence-electron chi connectivity index (χ0n) is 24.2. The summed E-state index contributed by atoms with van der Waals surface area (Å²) in [5.74, 6) is 0.482. The van der Waals surface area contributed by atoms with Gasteiger partial charge in [-0.3, -0.25) is 19.2 Å². The molecule has 0 aliphatic carbocycles. The minimum Gasteiger partial charge on any atom is -0.497 e. The summed E-state index contributed by atoms with van der Waals surface area (Å²) in [4.78, 5) is 23.3. The van der Waals surface area contributed by atoms with E-state index in [4.69, 9.17) is 14.2 Å². The van der Waals surface area contributed by atoms with E-state index in [1.807, 2.05) is 6.92 Å². The van der Waals surface area contributed by atoms with Crippen LogP contribution < -0.4 is 23.9 Å². The van der Waals surface area contributed by atoms with E-state index in [1.165, 1.54) is 50.8 Å². The van der Waals surface area contributed by atoms with Crippen LogP contribution in [0.3, 0.4) is 0 Å². The average molecular weight is 619 g/mol. The highest BCUT2D eigenvalue weighted by Crippen LogP contribution is 2.35. The second-order valence-electron chi connectivity index (χ2n) is 9.44. The fourth-order valence-electron chi connectivity index (χ4n) is 4.00. The smallest absolute Gasteiger partial charge is 0.269 e. The fraction of sp³-hybridized carbons (Fsp3) is 0.161. The monoisotopic (exact) mass is 618 g/mol. The Morgan fingerprint density at radius 1 is 0.932 bits per heavy atom. The molecule has 0 heterocycles. The first-order valence-corrected chi connectivity index (χ1v) is 14.6. The summed E-state index contributed by atoms with van der Waals surface area (Å²) in [5, 5.41) is 14.8. The van der Waals surface area contributed by atoms with Crippen molar-refractivity contribution in [3.05, 3.63) is 118 Å². The van der Waals surface area contributed by atoms with Gasteiger partial charge in [-0.1, -0.05) is 17.7 Å². The third-order valence-corrected chi connectivity index (χ3v) is 8.16. The molecule has 0 spiro atoms. The van der Waals surface area contributed by atoms with Crippen molar-refractivity contribution in [3.63, 3.8) is 0 Å². The zero-order valence-corrected chi connectivity index (χ0v) is 25.0. The number of hydrogen-bond acceptors (Lipinski definition) is 9. The number of hydrazone groups is 1. The van der Waals surface area contributed by atoms with Crippen LogP contribution >= 0.6 is 0 Å². The SMILES string of the molecule is COc1ccc(OC)c(N(CC(=O)N/N=C\c2ccc(OCc3ccc([N+](=O)[O-])cc3)cc2)S(=O)(=O)c2ccc(C)cc2)c1. The van der Waals surface area contributed by atoms with Crippen molar-refractivity contribution in [1.82, 2.24) is 5.43 Å². The molecule has 1 amide bonds. The lowest BCUT2D eigenvalue weighted by atomic mass is 10.2. The van der Waals surface area contributed by atoms with Crippen LogP contribution in [0.25, 0.3) is 0 Å². The van der Waals surface area contributed by atoms with Crippen LogP contribution in [0.5, 0.6) is 17.2 Å². The van der Waals surface area contributed by atoms with Gasteiger partial charge in [0, 0.05) is 18.2 Å². The first-order chi connectivity index (χ1) is 21.1. The number of carbonyl (C=O) groups is 1. The maximum absolute atomic E-state index is 13.7. The number of hydrogen-bond donors (Lipinski definition) is 1. The molecular formula is C31H30N4O8S. The second-order valence-corrected chi connectivity index (χ2v) is 11.3. The van der Waals surface area contributed by atoms with E-state index in [2.05, 4.69) is 10.5 Å². The van der Waals surface area contributed by atoms with E-state index in [-0.39, 0.29) is 28.6 Å². The number of nitrogens with one attached hydrogen (secondary N) is 1. The Morgan fingerprint density at radius 2 is 1.59 bits per heavy atom. The lowest BCUT2D eigenvalue weighted by Gasteiger charge is -2.25. The maximum Gasteiger partial charge on any atom is 0.269 e. The number of methoxy groups -OCH3 is 2. The van der Waals surface area contributed by atoms with Crippen LogP contribution in [0.4, 0.5) is 11.4 Å². The molecule has 0 fully saturated rings. The summed E-state index contributed by atoms with van der Waals surface area (Å²) in [6.45, 7) is 1.47. The van der Waals surface area contributed by atoms with E-state index in [0.29, 0.717) is 17.1 Å². The molecule has 0 saturated heterocycles. The molecular weight excluding hydrogens is 588 g/mol. The van der Waals surface area contributed by atoms with Crippen molar-refractivity contribution in [2.75, 3.05) is 25.1 Å².